The first-order chi connectivity index (χ1) is 18.7. The van der Waals surface area contributed by atoms with Gasteiger partial charge in [0.05, 0.1) is 18.0 Å². The number of carbonyl (C=O) groups excluding carboxylic acids is 1. The maximum atomic E-state index is 12.9. The van der Waals surface area contributed by atoms with Crippen LogP contribution in [0.2, 0.25) is 0 Å². The highest BCUT2D eigenvalue weighted by Gasteiger charge is 2.38. The number of aliphatic carboxylic acids is 1. The smallest absolute Gasteiger partial charge is 0.490 e. The average molecular weight is 582 g/mol. The molecule has 1 aromatic heterocycles. The summed E-state index contributed by atoms with van der Waals surface area (Å²) in [7, 11) is -2.08. The van der Waals surface area contributed by atoms with Crippen molar-refractivity contribution >= 4 is 38.3 Å². The molecule has 15 heteroatoms. The molecular formula is C25H26F3N5O6S. The van der Waals surface area contributed by atoms with Crippen LogP contribution in [0, 0.1) is 5.41 Å². The van der Waals surface area contributed by atoms with Crippen LogP contribution in [-0.2, 0) is 26.0 Å². The SMILES string of the molecule is COc1ccc2ccc(S(=O)(=O)CNC3CCN(Cc4ccnc(C(=N)N)c4)C3=O)cc2c1.O=C(O)C(F)(F)F. The summed E-state index contributed by atoms with van der Waals surface area (Å²) in [6.45, 7) is 0.850. The fourth-order valence-electron chi connectivity index (χ4n) is 3.84. The molecule has 1 amide bonds. The van der Waals surface area contributed by atoms with Crippen LogP contribution in [0.15, 0.2) is 59.6 Å². The van der Waals surface area contributed by atoms with Gasteiger partial charge in [-0.15, -0.1) is 0 Å². The van der Waals surface area contributed by atoms with Gasteiger partial charge in [-0.1, -0.05) is 12.1 Å². The number of carboxylic acids is 1. The minimum atomic E-state index is -5.08. The Kier molecular flexibility index (Phi) is 9.32. The minimum absolute atomic E-state index is 0.138. The lowest BCUT2D eigenvalue weighted by Gasteiger charge is -2.17. The monoisotopic (exact) mass is 581 g/mol. The van der Waals surface area contributed by atoms with E-state index in [-0.39, 0.29) is 22.5 Å². The summed E-state index contributed by atoms with van der Waals surface area (Å²) < 4.78 is 62.8. The van der Waals surface area contributed by atoms with E-state index in [0.717, 1.165) is 16.3 Å². The van der Waals surface area contributed by atoms with Gasteiger partial charge in [-0.25, -0.2) is 13.2 Å². The third kappa shape index (κ3) is 7.66. The van der Waals surface area contributed by atoms with Crippen LogP contribution in [0.4, 0.5) is 13.2 Å². The number of halogens is 3. The molecule has 0 spiro atoms. The zero-order valence-corrected chi connectivity index (χ0v) is 21.9. The van der Waals surface area contributed by atoms with Crippen molar-refractivity contribution in [2.24, 2.45) is 5.73 Å². The molecule has 2 heterocycles. The van der Waals surface area contributed by atoms with E-state index in [1.165, 1.54) is 0 Å². The highest BCUT2D eigenvalue weighted by atomic mass is 32.2. The highest BCUT2D eigenvalue weighted by Crippen LogP contribution is 2.24. The third-order valence-corrected chi connectivity index (χ3v) is 7.43. The number of sulfone groups is 1. The molecule has 0 bridgehead atoms. The Balaban J connectivity index is 0.000000559. The van der Waals surface area contributed by atoms with E-state index in [1.807, 2.05) is 12.1 Å². The second kappa shape index (κ2) is 12.3. The number of likely N-dealkylation sites (tertiary alicyclic amines) is 1. The summed E-state index contributed by atoms with van der Waals surface area (Å²) in [4.78, 5) is 27.6. The number of nitrogen functional groups attached to an aromatic ring is 1. The first-order valence-corrected chi connectivity index (χ1v) is 13.3. The second-order valence-corrected chi connectivity index (χ2v) is 10.7. The molecule has 40 heavy (non-hydrogen) atoms. The largest absolute Gasteiger partial charge is 0.497 e. The number of methoxy groups -OCH3 is 1. The van der Waals surface area contributed by atoms with Crippen LogP contribution in [0.3, 0.4) is 0 Å². The molecule has 0 aliphatic carbocycles. The van der Waals surface area contributed by atoms with Crippen molar-refractivity contribution in [3.8, 4) is 5.75 Å². The van der Waals surface area contributed by atoms with E-state index in [1.54, 1.807) is 54.6 Å². The van der Waals surface area contributed by atoms with Crippen molar-refractivity contribution in [3.05, 3.63) is 66.0 Å². The molecule has 1 aliphatic rings. The van der Waals surface area contributed by atoms with Crippen molar-refractivity contribution in [1.29, 1.82) is 5.41 Å². The third-order valence-electron chi connectivity index (χ3n) is 5.91. The second-order valence-electron chi connectivity index (χ2n) is 8.71. The molecule has 1 fully saturated rings. The lowest BCUT2D eigenvalue weighted by molar-refractivity contribution is -0.192. The van der Waals surface area contributed by atoms with Crippen molar-refractivity contribution < 1.29 is 41.0 Å². The predicted octanol–water partition coefficient (Wildman–Crippen LogP) is 2.28. The maximum absolute atomic E-state index is 12.9. The van der Waals surface area contributed by atoms with E-state index in [4.69, 9.17) is 25.8 Å². The Morgan fingerprint density at radius 2 is 1.88 bits per heavy atom. The van der Waals surface area contributed by atoms with Crippen LogP contribution in [-0.4, -0.2) is 72.9 Å². The van der Waals surface area contributed by atoms with E-state index in [2.05, 4.69) is 10.3 Å². The number of nitrogens with two attached hydrogens (primary N) is 1. The Labute approximate surface area is 227 Å². The number of aromatic nitrogens is 1. The molecule has 1 aliphatic heterocycles. The predicted molar refractivity (Wildman–Crippen MR) is 138 cm³/mol. The fourth-order valence-corrected chi connectivity index (χ4v) is 5.01. The van der Waals surface area contributed by atoms with Gasteiger partial charge in [0.1, 0.15) is 23.2 Å². The number of ether oxygens (including phenoxy) is 1. The lowest BCUT2D eigenvalue weighted by atomic mass is 10.1. The molecular weight excluding hydrogens is 555 g/mol. The van der Waals surface area contributed by atoms with Crippen LogP contribution < -0.4 is 15.8 Å². The van der Waals surface area contributed by atoms with Crippen LogP contribution in [0.25, 0.3) is 10.8 Å². The van der Waals surface area contributed by atoms with Crippen molar-refractivity contribution in [3.63, 3.8) is 0 Å². The molecule has 0 radical (unpaired) electrons. The quantitative estimate of drug-likeness (QED) is 0.230. The van der Waals surface area contributed by atoms with Gasteiger partial charge in [0, 0.05) is 19.3 Å². The molecule has 1 unspecified atom stereocenters. The number of carbonyl (C=O) groups is 2. The van der Waals surface area contributed by atoms with Crippen LogP contribution in [0.1, 0.15) is 17.7 Å². The Bertz CT molecular complexity index is 1530. The van der Waals surface area contributed by atoms with Crippen LogP contribution in [0.5, 0.6) is 5.75 Å². The van der Waals surface area contributed by atoms with Crippen LogP contribution >= 0.6 is 0 Å². The topological polar surface area (TPSA) is 176 Å². The number of amides is 1. The molecule has 0 saturated carbocycles. The van der Waals surface area contributed by atoms with Crippen molar-refractivity contribution in [2.75, 3.05) is 19.5 Å². The molecule has 214 valence electrons. The van der Waals surface area contributed by atoms with E-state index in [0.29, 0.717) is 31.0 Å². The van der Waals surface area contributed by atoms with Gasteiger partial charge >= 0.3 is 12.1 Å². The average Bonchev–Trinajstić information content (AvgIpc) is 3.25. The zero-order valence-electron chi connectivity index (χ0n) is 21.1. The number of alkyl halides is 3. The van der Waals surface area contributed by atoms with Gasteiger partial charge in [-0.05, 0) is 59.2 Å². The van der Waals surface area contributed by atoms with Crippen molar-refractivity contribution in [1.82, 2.24) is 15.2 Å². The minimum Gasteiger partial charge on any atom is -0.497 e. The van der Waals surface area contributed by atoms with Gasteiger partial charge in [0.15, 0.2) is 9.84 Å². The zero-order chi connectivity index (χ0) is 29.7. The summed E-state index contributed by atoms with van der Waals surface area (Å²) in [5.41, 5.74) is 6.64. The van der Waals surface area contributed by atoms with Gasteiger partial charge in [0.25, 0.3) is 0 Å². The van der Waals surface area contributed by atoms with Gasteiger partial charge in [-0.3, -0.25) is 20.5 Å². The Morgan fingerprint density at radius 1 is 1.20 bits per heavy atom. The normalized spacial score (nSPS) is 15.4. The summed E-state index contributed by atoms with van der Waals surface area (Å²) >= 11 is 0. The number of hydrogen-bond donors (Lipinski definition) is 4. The molecule has 2 aromatic carbocycles. The summed E-state index contributed by atoms with van der Waals surface area (Å²) in [6, 6.07) is 13.3. The standard InChI is InChI=1S/C23H25N5O4S.C2HF3O2/c1-32-18-4-2-16-3-5-19(12-17(16)11-18)33(30,31)14-27-20-7-9-28(23(20)29)13-15-6-8-26-21(10-15)22(24)25;3-2(4,5)1(6)7/h2-6,8,10-12,20,27H,7,9,13-14H2,1H3,(H3,24,25);(H,6,7). The fraction of sp³-hybridized carbons (Fsp3) is 0.280. The lowest BCUT2D eigenvalue weighted by Crippen LogP contribution is -2.40. The summed E-state index contributed by atoms with van der Waals surface area (Å²) in [5.74, 6) is -2.74. The highest BCUT2D eigenvalue weighted by molar-refractivity contribution is 7.91. The molecule has 1 saturated heterocycles. The Morgan fingerprint density at radius 3 is 2.50 bits per heavy atom. The Hall–Kier alpha value is -4.24. The van der Waals surface area contributed by atoms with Gasteiger partial charge < -0.3 is 20.5 Å². The molecule has 3 aromatic rings. The number of benzene rings is 2. The maximum Gasteiger partial charge on any atom is 0.490 e. The summed E-state index contributed by atoms with van der Waals surface area (Å²) in [6.07, 6.45) is -3.03. The number of nitrogens with one attached hydrogen (secondary N) is 2. The van der Waals surface area contributed by atoms with E-state index in [9.17, 15) is 26.4 Å². The summed E-state index contributed by atoms with van der Waals surface area (Å²) in [5, 5.41) is 19.2. The molecule has 4 rings (SSSR count). The number of amidine groups is 1. The number of fused-ring (bicyclic) bond motifs is 1. The van der Waals surface area contributed by atoms with Crippen molar-refractivity contribution in [2.45, 2.75) is 30.1 Å². The van der Waals surface area contributed by atoms with Gasteiger partial charge in [0.2, 0.25) is 5.91 Å². The number of rotatable bonds is 8. The molecule has 1 atom stereocenters. The number of pyridine rings is 1. The molecule has 11 nitrogen and oxygen atoms in total. The first-order valence-electron chi connectivity index (χ1n) is 11.6. The molecule has 5 N–H and O–H groups in total. The van der Waals surface area contributed by atoms with Gasteiger partial charge in [-0.2, -0.15) is 13.2 Å². The van der Waals surface area contributed by atoms with E-state index >= 15 is 0 Å². The first kappa shape index (κ1) is 30.3. The number of nitrogens with zero attached hydrogens (tertiary/aromatic N) is 2. The number of carboxylic acid groups (broad SMARTS) is 1. The number of hydrogen-bond acceptors (Lipinski definition) is 8. The van der Waals surface area contributed by atoms with E-state index < -0.39 is 28.0 Å².